The highest BCUT2D eigenvalue weighted by molar-refractivity contribution is 4.68. The van der Waals surface area contributed by atoms with Crippen molar-refractivity contribution in [3.63, 3.8) is 0 Å². The Labute approximate surface area is 89.9 Å². The minimum absolute atomic E-state index is 0.402. The van der Waals surface area contributed by atoms with E-state index in [1.54, 1.807) is 0 Å². The summed E-state index contributed by atoms with van der Waals surface area (Å²) in [6, 6.07) is 0. The van der Waals surface area contributed by atoms with Gasteiger partial charge in [0.05, 0.1) is 0 Å². The van der Waals surface area contributed by atoms with E-state index >= 15 is 0 Å². The summed E-state index contributed by atoms with van der Waals surface area (Å²) in [7, 11) is 2.20. The standard InChI is InChI=1S/C12H28N2/c1-6-11(9-13)7-8-14(5)10-12(2,3)4/h11H,6-10,13H2,1-5H3. The summed E-state index contributed by atoms with van der Waals surface area (Å²) in [5, 5.41) is 0. The van der Waals surface area contributed by atoms with Gasteiger partial charge in [0.25, 0.3) is 0 Å². The molecule has 0 heterocycles. The van der Waals surface area contributed by atoms with Gasteiger partial charge in [-0.25, -0.2) is 0 Å². The van der Waals surface area contributed by atoms with Crippen LogP contribution in [0.4, 0.5) is 0 Å². The van der Waals surface area contributed by atoms with Gasteiger partial charge in [-0.1, -0.05) is 34.1 Å². The Bertz CT molecular complexity index is 134. The SMILES string of the molecule is CCC(CN)CCN(C)CC(C)(C)C. The summed E-state index contributed by atoms with van der Waals surface area (Å²) in [5.74, 6) is 0.706. The van der Waals surface area contributed by atoms with Crippen LogP contribution >= 0.6 is 0 Å². The van der Waals surface area contributed by atoms with E-state index in [4.69, 9.17) is 5.73 Å². The van der Waals surface area contributed by atoms with Crippen LogP contribution in [0.3, 0.4) is 0 Å². The third-order valence-electron chi connectivity index (χ3n) is 2.57. The molecule has 0 aromatic carbocycles. The van der Waals surface area contributed by atoms with Gasteiger partial charge in [0.2, 0.25) is 0 Å². The first-order valence-corrected chi connectivity index (χ1v) is 5.77. The van der Waals surface area contributed by atoms with E-state index in [1.807, 2.05) is 0 Å². The summed E-state index contributed by atoms with van der Waals surface area (Å²) in [4.78, 5) is 2.42. The second-order valence-electron chi connectivity index (χ2n) is 5.60. The van der Waals surface area contributed by atoms with Crippen molar-refractivity contribution in [1.82, 2.24) is 4.90 Å². The zero-order chi connectivity index (χ0) is 11.2. The fraction of sp³-hybridized carbons (Fsp3) is 1.00. The van der Waals surface area contributed by atoms with E-state index < -0.39 is 0 Å². The number of rotatable bonds is 6. The van der Waals surface area contributed by atoms with Gasteiger partial charge in [0.15, 0.2) is 0 Å². The molecule has 0 aliphatic rings. The highest BCUT2D eigenvalue weighted by atomic mass is 15.1. The Morgan fingerprint density at radius 2 is 1.86 bits per heavy atom. The van der Waals surface area contributed by atoms with Crippen molar-refractivity contribution in [2.45, 2.75) is 40.5 Å². The molecule has 0 saturated carbocycles. The molecular formula is C12H28N2. The van der Waals surface area contributed by atoms with Gasteiger partial charge in [0, 0.05) is 6.54 Å². The molecule has 86 valence electrons. The van der Waals surface area contributed by atoms with Crippen LogP contribution < -0.4 is 5.73 Å². The topological polar surface area (TPSA) is 29.3 Å². The van der Waals surface area contributed by atoms with Crippen LogP contribution in [-0.4, -0.2) is 31.6 Å². The van der Waals surface area contributed by atoms with Gasteiger partial charge in [0.1, 0.15) is 0 Å². The van der Waals surface area contributed by atoms with Gasteiger partial charge >= 0.3 is 0 Å². The van der Waals surface area contributed by atoms with E-state index in [9.17, 15) is 0 Å². The molecule has 0 radical (unpaired) electrons. The monoisotopic (exact) mass is 200 g/mol. The first kappa shape index (κ1) is 13.9. The summed E-state index contributed by atoms with van der Waals surface area (Å²) in [5.41, 5.74) is 6.08. The summed E-state index contributed by atoms with van der Waals surface area (Å²) in [6.45, 7) is 12.2. The molecule has 2 N–H and O–H groups in total. The lowest BCUT2D eigenvalue weighted by atomic mass is 9.95. The van der Waals surface area contributed by atoms with Crippen LogP contribution in [0.1, 0.15) is 40.5 Å². The summed E-state index contributed by atoms with van der Waals surface area (Å²) in [6.07, 6.45) is 2.44. The number of nitrogens with two attached hydrogens (primary N) is 1. The number of nitrogens with zero attached hydrogens (tertiary/aromatic N) is 1. The second-order valence-corrected chi connectivity index (χ2v) is 5.60. The van der Waals surface area contributed by atoms with Gasteiger partial charge < -0.3 is 10.6 Å². The Balaban J connectivity index is 3.67. The van der Waals surface area contributed by atoms with Crippen LogP contribution in [0.5, 0.6) is 0 Å². The lowest BCUT2D eigenvalue weighted by Crippen LogP contribution is -2.31. The first-order chi connectivity index (χ1) is 6.39. The average Bonchev–Trinajstić information content (AvgIpc) is 2.03. The summed E-state index contributed by atoms with van der Waals surface area (Å²) >= 11 is 0. The molecule has 0 saturated heterocycles. The lowest BCUT2D eigenvalue weighted by Gasteiger charge is -2.27. The second kappa shape index (κ2) is 6.41. The largest absolute Gasteiger partial charge is 0.330 e. The highest BCUT2D eigenvalue weighted by Crippen LogP contribution is 2.15. The van der Waals surface area contributed by atoms with Crippen molar-refractivity contribution >= 4 is 0 Å². The highest BCUT2D eigenvalue weighted by Gasteiger charge is 2.14. The summed E-state index contributed by atoms with van der Waals surface area (Å²) < 4.78 is 0. The van der Waals surface area contributed by atoms with Crippen LogP contribution in [0.25, 0.3) is 0 Å². The minimum atomic E-state index is 0.402. The normalized spacial score (nSPS) is 14.8. The van der Waals surface area contributed by atoms with Gasteiger partial charge in [-0.05, 0) is 37.9 Å². The van der Waals surface area contributed by atoms with Crippen LogP contribution in [0.15, 0.2) is 0 Å². The first-order valence-electron chi connectivity index (χ1n) is 5.77. The number of hydrogen-bond acceptors (Lipinski definition) is 2. The van der Waals surface area contributed by atoms with Crippen molar-refractivity contribution in [2.75, 3.05) is 26.7 Å². The molecule has 0 spiro atoms. The molecule has 0 aliphatic carbocycles. The van der Waals surface area contributed by atoms with Gasteiger partial charge in [-0.15, -0.1) is 0 Å². The van der Waals surface area contributed by atoms with Crippen LogP contribution in [0, 0.1) is 11.3 Å². The van der Waals surface area contributed by atoms with E-state index in [2.05, 4.69) is 39.6 Å². The predicted octanol–water partition coefficient (Wildman–Crippen LogP) is 2.34. The Morgan fingerprint density at radius 1 is 1.29 bits per heavy atom. The maximum atomic E-state index is 5.68. The zero-order valence-electron chi connectivity index (χ0n) is 10.6. The van der Waals surface area contributed by atoms with Crippen molar-refractivity contribution < 1.29 is 0 Å². The molecule has 0 rings (SSSR count). The van der Waals surface area contributed by atoms with Crippen LogP contribution in [0.2, 0.25) is 0 Å². The Hall–Kier alpha value is -0.0800. The third-order valence-corrected chi connectivity index (χ3v) is 2.57. The molecule has 0 aromatic heterocycles. The molecule has 1 atom stereocenters. The molecule has 0 aliphatic heterocycles. The fourth-order valence-electron chi connectivity index (χ4n) is 1.78. The van der Waals surface area contributed by atoms with Crippen molar-refractivity contribution in [2.24, 2.45) is 17.1 Å². The fourth-order valence-corrected chi connectivity index (χ4v) is 1.78. The molecule has 0 fully saturated rings. The van der Waals surface area contributed by atoms with Gasteiger partial charge in [-0.2, -0.15) is 0 Å². The van der Waals surface area contributed by atoms with E-state index in [0.29, 0.717) is 11.3 Å². The van der Waals surface area contributed by atoms with Crippen molar-refractivity contribution in [1.29, 1.82) is 0 Å². The molecule has 1 unspecified atom stereocenters. The molecule has 2 nitrogen and oxygen atoms in total. The molecule has 0 aromatic rings. The Kier molecular flexibility index (Phi) is 6.38. The van der Waals surface area contributed by atoms with E-state index in [1.165, 1.54) is 19.4 Å². The van der Waals surface area contributed by atoms with Crippen LogP contribution in [-0.2, 0) is 0 Å². The third kappa shape index (κ3) is 7.34. The molecule has 14 heavy (non-hydrogen) atoms. The molecule has 0 amide bonds. The van der Waals surface area contributed by atoms with Crippen molar-refractivity contribution in [3.05, 3.63) is 0 Å². The van der Waals surface area contributed by atoms with Crippen molar-refractivity contribution in [3.8, 4) is 0 Å². The lowest BCUT2D eigenvalue weighted by molar-refractivity contribution is 0.214. The minimum Gasteiger partial charge on any atom is -0.330 e. The molecular weight excluding hydrogens is 172 g/mol. The number of hydrogen-bond donors (Lipinski definition) is 1. The molecule has 2 heteroatoms. The smallest absolute Gasteiger partial charge is 0.00270 e. The van der Waals surface area contributed by atoms with E-state index in [-0.39, 0.29) is 0 Å². The Morgan fingerprint density at radius 3 is 2.21 bits per heavy atom. The molecule has 0 bridgehead atoms. The predicted molar refractivity (Wildman–Crippen MR) is 64.4 cm³/mol. The zero-order valence-corrected chi connectivity index (χ0v) is 10.6. The maximum Gasteiger partial charge on any atom is 0.00270 e. The van der Waals surface area contributed by atoms with Gasteiger partial charge in [-0.3, -0.25) is 0 Å². The average molecular weight is 200 g/mol. The quantitative estimate of drug-likeness (QED) is 0.713. The maximum absolute atomic E-state index is 5.68. The van der Waals surface area contributed by atoms with E-state index in [0.717, 1.165) is 13.1 Å².